The van der Waals surface area contributed by atoms with Gasteiger partial charge in [0.25, 0.3) is 0 Å². The van der Waals surface area contributed by atoms with Crippen LogP contribution in [-0.2, 0) is 14.9 Å². The highest BCUT2D eigenvalue weighted by Crippen LogP contribution is 2.34. The lowest BCUT2D eigenvalue weighted by Crippen LogP contribution is -2.41. The molecular formula is C17H23NO4. The Balaban J connectivity index is 1.65. The highest BCUT2D eigenvalue weighted by Gasteiger charge is 2.27. The van der Waals surface area contributed by atoms with Crippen molar-refractivity contribution in [2.45, 2.75) is 38.2 Å². The monoisotopic (exact) mass is 305 g/mol. The Morgan fingerprint density at radius 2 is 2.00 bits per heavy atom. The van der Waals surface area contributed by atoms with Gasteiger partial charge in [0, 0.05) is 18.6 Å². The molecule has 5 heteroatoms. The Morgan fingerprint density at radius 3 is 2.73 bits per heavy atom. The predicted molar refractivity (Wildman–Crippen MR) is 82.4 cm³/mol. The van der Waals surface area contributed by atoms with Crippen LogP contribution in [0.3, 0.4) is 0 Å². The van der Waals surface area contributed by atoms with Gasteiger partial charge in [0.15, 0.2) is 11.5 Å². The van der Waals surface area contributed by atoms with Gasteiger partial charge in [-0.2, -0.15) is 0 Å². The summed E-state index contributed by atoms with van der Waals surface area (Å²) in [5.41, 5.74) is 0.925. The van der Waals surface area contributed by atoms with Crippen LogP contribution in [0.1, 0.15) is 32.3 Å². The van der Waals surface area contributed by atoms with Gasteiger partial charge in [-0.25, -0.2) is 0 Å². The molecule has 2 aliphatic heterocycles. The molecular weight excluding hydrogens is 282 g/mol. The highest BCUT2D eigenvalue weighted by atomic mass is 16.6. The maximum atomic E-state index is 12.1. The maximum absolute atomic E-state index is 12.1. The Kier molecular flexibility index (Phi) is 4.25. The summed E-state index contributed by atoms with van der Waals surface area (Å²) < 4.78 is 16.6. The Hall–Kier alpha value is -1.75. The minimum absolute atomic E-state index is 0.0110. The third-order valence-electron chi connectivity index (χ3n) is 4.25. The zero-order valence-electron chi connectivity index (χ0n) is 13.2. The van der Waals surface area contributed by atoms with Gasteiger partial charge < -0.3 is 19.5 Å². The topological polar surface area (TPSA) is 56.8 Å². The van der Waals surface area contributed by atoms with Crippen LogP contribution in [0.5, 0.6) is 11.5 Å². The molecule has 0 aliphatic carbocycles. The number of ether oxygens (including phenoxy) is 3. The fourth-order valence-electron chi connectivity index (χ4n) is 2.77. The van der Waals surface area contributed by atoms with Crippen LogP contribution in [-0.4, -0.2) is 38.4 Å². The first kappa shape index (κ1) is 15.2. The van der Waals surface area contributed by atoms with Crippen molar-refractivity contribution in [3.05, 3.63) is 23.8 Å². The molecule has 0 saturated carbocycles. The molecule has 2 heterocycles. The zero-order chi connectivity index (χ0) is 15.6. The van der Waals surface area contributed by atoms with Crippen molar-refractivity contribution in [3.63, 3.8) is 0 Å². The van der Waals surface area contributed by atoms with E-state index in [1.54, 1.807) is 0 Å². The van der Waals surface area contributed by atoms with Crippen LogP contribution >= 0.6 is 0 Å². The van der Waals surface area contributed by atoms with Crippen LogP contribution in [0.25, 0.3) is 0 Å². The van der Waals surface area contributed by atoms with E-state index in [1.165, 1.54) is 0 Å². The first-order chi connectivity index (χ1) is 10.6. The zero-order valence-corrected chi connectivity index (χ0v) is 13.2. The van der Waals surface area contributed by atoms with Gasteiger partial charge in [-0.15, -0.1) is 0 Å². The van der Waals surface area contributed by atoms with E-state index in [2.05, 4.69) is 19.2 Å². The molecule has 5 nitrogen and oxygen atoms in total. The first-order valence-corrected chi connectivity index (χ1v) is 7.86. The number of benzene rings is 1. The number of hydrogen-bond acceptors (Lipinski definition) is 4. The van der Waals surface area contributed by atoms with E-state index in [4.69, 9.17) is 14.2 Å². The molecule has 1 unspecified atom stereocenters. The van der Waals surface area contributed by atoms with Crippen molar-refractivity contribution in [2.24, 2.45) is 0 Å². The highest BCUT2D eigenvalue weighted by molar-refractivity contribution is 5.81. The summed E-state index contributed by atoms with van der Waals surface area (Å²) in [6, 6.07) is 5.98. The van der Waals surface area contributed by atoms with Crippen LogP contribution in [0.2, 0.25) is 0 Å². The third-order valence-corrected chi connectivity index (χ3v) is 4.25. The van der Waals surface area contributed by atoms with E-state index in [0.29, 0.717) is 26.4 Å². The van der Waals surface area contributed by atoms with Crippen LogP contribution < -0.4 is 14.8 Å². The number of rotatable bonds is 4. The number of amides is 1. The van der Waals surface area contributed by atoms with Gasteiger partial charge >= 0.3 is 0 Å². The molecule has 0 spiro atoms. The van der Waals surface area contributed by atoms with E-state index in [9.17, 15) is 4.79 Å². The lowest BCUT2D eigenvalue weighted by atomic mass is 9.84. The van der Waals surface area contributed by atoms with Crippen molar-refractivity contribution in [1.29, 1.82) is 0 Å². The van der Waals surface area contributed by atoms with Gasteiger partial charge in [-0.1, -0.05) is 19.9 Å². The molecule has 1 atom stereocenters. The van der Waals surface area contributed by atoms with E-state index in [0.717, 1.165) is 29.9 Å². The Morgan fingerprint density at radius 1 is 1.23 bits per heavy atom. The minimum Gasteiger partial charge on any atom is -0.486 e. The predicted octanol–water partition coefficient (Wildman–Crippen LogP) is 2.03. The van der Waals surface area contributed by atoms with Crippen molar-refractivity contribution in [3.8, 4) is 11.5 Å². The summed E-state index contributed by atoms with van der Waals surface area (Å²) in [4.78, 5) is 12.1. The molecule has 0 bridgehead atoms. The summed E-state index contributed by atoms with van der Waals surface area (Å²) in [5, 5.41) is 3.01. The van der Waals surface area contributed by atoms with Crippen molar-refractivity contribution in [1.82, 2.24) is 5.32 Å². The van der Waals surface area contributed by atoms with E-state index in [1.807, 2.05) is 18.2 Å². The first-order valence-electron chi connectivity index (χ1n) is 7.86. The molecule has 120 valence electrons. The largest absolute Gasteiger partial charge is 0.486 e. The number of carbonyl (C=O) groups excluding carboxylic acids is 1. The summed E-state index contributed by atoms with van der Waals surface area (Å²) >= 11 is 0. The Labute approximate surface area is 130 Å². The van der Waals surface area contributed by atoms with Crippen molar-refractivity contribution < 1.29 is 19.0 Å². The second-order valence-electron chi connectivity index (χ2n) is 6.46. The van der Waals surface area contributed by atoms with Crippen molar-refractivity contribution in [2.75, 3.05) is 26.4 Å². The molecule has 1 aromatic rings. The molecule has 1 N–H and O–H groups in total. The quantitative estimate of drug-likeness (QED) is 0.925. The summed E-state index contributed by atoms with van der Waals surface area (Å²) in [5.74, 6) is 1.56. The van der Waals surface area contributed by atoms with Crippen LogP contribution in [0.15, 0.2) is 18.2 Å². The van der Waals surface area contributed by atoms with Crippen LogP contribution in [0, 0.1) is 0 Å². The molecule has 0 aromatic heterocycles. The third kappa shape index (κ3) is 3.19. The average molecular weight is 305 g/mol. The normalized spacial score (nSPS) is 20.7. The lowest BCUT2D eigenvalue weighted by Gasteiger charge is -2.28. The number of fused-ring (bicyclic) bond motifs is 1. The van der Waals surface area contributed by atoms with E-state index >= 15 is 0 Å². The smallest absolute Gasteiger partial charge is 0.249 e. The van der Waals surface area contributed by atoms with E-state index in [-0.39, 0.29) is 17.4 Å². The minimum atomic E-state index is -0.281. The SMILES string of the molecule is CC(C)(CNC(=O)C1CCCO1)c1ccc2c(c1)OCCO2. The van der Waals surface area contributed by atoms with Gasteiger partial charge in [-0.05, 0) is 30.5 Å². The summed E-state index contributed by atoms with van der Waals surface area (Å²) in [6.45, 7) is 6.62. The fraction of sp³-hybridized carbons (Fsp3) is 0.588. The fourth-order valence-corrected chi connectivity index (χ4v) is 2.77. The maximum Gasteiger partial charge on any atom is 0.249 e. The number of nitrogens with one attached hydrogen (secondary N) is 1. The van der Waals surface area contributed by atoms with Crippen molar-refractivity contribution >= 4 is 5.91 Å². The van der Waals surface area contributed by atoms with Gasteiger partial charge in [0.05, 0.1) is 0 Å². The average Bonchev–Trinajstić information content (AvgIpc) is 3.07. The number of carbonyl (C=O) groups is 1. The molecule has 1 saturated heterocycles. The standard InChI is InChI=1S/C17H23NO4/c1-17(2,11-18-16(19)14-4-3-7-20-14)12-5-6-13-15(10-12)22-9-8-21-13/h5-6,10,14H,3-4,7-9,11H2,1-2H3,(H,18,19). The molecule has 2 aliphatic rings. The van der Waals surface area contributed by atoms with Crippen LogP contribution in [0.4, 0.5) is 0 Å². The van der Waals surface area contributed by atoms with E-state index < -0.39 is 0 Å². The lowest BCUT2D eigenvalue weighted by molar-refractivity contribution is -0.130. The van der Waals surface area contributed by atoms with Gasteiger partial charge in [0.2, 0.25) is 5.91 Å². The number of hydrogen-bond donors (Lipinski definition) is 1. The summed E-state index contributed by atoms with van der Waals surface area (Å²) in [7, 11) is 0. The molecule has 3 rings (SSSR count). The second kappa shape index (κ2) is 6.16. The molecule has 1 fully saturated rings. The second-order valence-corrected chi connectivity index (χ2v) is 6.46. The van der Waals surface area contributed by atoms with Gasteiger partial charge in [0.1, 0.15) is 19.3 Å². The molecule has 1 amide bonds. The van der Waals surface area contributed by atoms with Gasteiger partial charge in [-0.3, -0.25) is 4.79 Å². The summed E-state index contributed by atoms with van der Waals surface area (Å²) in [6.07, 6.45) is 1.50. The molecule has 1 aromatic carbocycles. The Bertz CT molecular complexity index is 550. The molecule has 22 heavy (non-hydrogen) atoms. The molecule has 0 radical (unpaired) electrons.